The number of ether oxygens (including phenoxy) is 2. The molecule has 5 aromatic heterocycles. The van der Waals surface area contributed by atoms with Crippen LogP contribution >= 0.6 is 38.9 Å². The maximum absolute atomic E-state index is 14.5. The standard InChI is InChI=1S/C25H18F3N5O3.C17H14F2N4O2.C8H8FNO3.Cl3OP/c1-35-25(34)15-10-19-21(11-18(15)28)36-24(30-19)16-12-29-33-8-6-22(31-23(16)33)32-7-2-3-20(32)14-9-13(26)4-5-17(14)27;18-10-3-4-13(19)11(8-10)14-2-1-6-22(14)15-5-7-23-16(21-15)12(9-20-23)17(24)25;1-13-8(12)4-2-6(10)7(11)3-5(4)9;1-5(2,3)4/h4-6,8-12,20H,2-3,7H2,1H3;3-5,7-9,14H,1-2,6H2,(H,24,25);2-3,11H,10H2,1H3;/t20-;14-;;/m11../s1. The molecular formula is C50H40Cl3F6N10O9P. The third-order valence-electron chi connectivity index (χ3n) is 12.3. The number of benzene rings is 4. The number of phenolic OH excluding ortho intramolecular Hbond substituents is 1. The maximum atomic E-state index is 14.5. The Morgan fingerprint density at radius 1 is 0.671 bits per heavy atom. The first-order valence-electron chi connectivity index (χ1n) is 23.1. The van der Waals surface area contributed by atoms with Crippen molar-refractivity contribution in [2.24, 2.45) is 0 Å². The molecule has 2 aliphatic rings. The average molecular weight is 1180 g/mol. The summed E-state index contributed by atoms with van der Waals surface area (Å²) in [7, 11) is 2.29. The lowest BCUT2D eigenvalue weighted by molar-refractivity contribution is 0.0586. The molecule has 0 spiro atoms. The second-order valence-electron chi connectivity index (χ2n) is 17.2. The van der Waals surface area contributed by atoms with Crippen LogP contribution in [-0.2, 0) is 14.0 Å². The van der Waals surface area contributed by atoms with Gasteiger partial charge in [0.15, 0.2) is 16.9 Å². The molecule has 2 aliphatic heterocycles. The van der Waals surface area contributed by atoms with E-state index in [0.717, 1.165) is 69.5 Å². The summed E-state index contributed by atoms with van der Waals surface area (Å²) in [6.45, 7) is 1.24. The molecule has 412 valence electrons. The number of fused-ring (bicyclic) bond motifs is 3. The highest BCUT2D eigenvalue weighted by atomic mass is 36.0. The predicted octanol–water partition coefficient (Wildman–Crippen LogP) is 11.8. The molecule has 9 aromatic rings. The number of halogens is 9. The van der Waals surface area contributed by atoms with Gasteiger partial charge in [0.1, 0.15) is 68.9 Å². The van der Waals surface area contributed by atoms with E-state index in [-0.39, 0.29) is 68.2 Å². The number of aromatic hydroxyl groups is 1. The number of rotatable bonds is 8. The third-order valence-corrected chi connectivity index (χ3v) is 12.3. The van der Waals surface area contributed by atoms with Gasteiger partial charge in [-0.3, -0.25) is 4.57 Å². The molecular weight excluding hydrogens is 1140 g/mol. The summed E-state index contributed by atoms with van der Waals surface area (Å²) < 4.78 is 110. The van der Waals surface area contributed by atoms with E-state index in [1.807, 2.05) is 9.80 Å². The van der Waals surface area contributed by atoms with Crippen molar-refractivity contribution in [1.29, 1.82) is 0 Å². The van der Waals surface area contributed by atoms with E-state index >= 15 is 0 Å². The van der Waals surface area contributed by atoms with Crippen LogP contribution in [0.25, 0.3) is 33.8 Å². The van der Waals surface area contributed by atoms with Crippen LogP contribution in [0.15, 0.2) is 102 Å². The molecule has 2 atom stereocenters. The van der Waals surface area contributed by atoms with Crippen molar-refractivity contribution in [2.45, 2.75) is 37.8 Å². The van der Waals surface area contributed by atoms with Gasteiger partial charge in [0.25, 0.3) is 0 Å². The summed E-state index contributed by atoms with van der Waals surface area (Å²) in [6, 6.07) is 13.7. The van der Waals surface area contributed by atoms with Crippen molar-refractivity contribution in [1.82, 2.24) is 34.2 Å². The highest BCUT2D eigenvalue weighted by Gasteiger charge is 2.32. The Balaban J connectivity index is 0.000000165. The quantitative estimate of drug-likeness (QED) is 0.0421. The van der Waals surface area contributed by atoms with E-state index in [2.05, 4.69) is 63.4 Å². The first-order chi connectivity index (χ1) is 37.5. The topological polar surface area (TPSA) is 246 Å². The van der Waals surface area contributed by atoms with Gasteiger partial charge in [-0.05, 0) is 120 Å². The van der Waals surface area contributed by atoms with Crippen LogP contribution in [0.4, 0.5) is 43.7 Å². The molecule has 2 saturated heterocycles. The highest BCUT2D eigenvalue weighted by molar-refractivity contribution is 8.24. The number of carboxylic acid groups (broad SMARTS) is 1. The van der Waals surface area contributed by atoms with Crippen molar-refractivity contribution >= 4 is 96.5 Å². The van der Waals surface area contributed by atoms with Gasteiger partial charge >= 0.3 is 23.1 Å². The Morgan fingerprint density at radius 2 is 1.16 bits per heavy atom. The van der Waals surface area contributed by atoms with Gasteiger partial charge in [0.05, 0.1) is 55.5 Å². The Kier molecular flexibility index (Phi) is 17.2. The van der Waals surface area contributed by atoms with Crippen LogP contribution in [0.3, 0.4) is 0 Å². The molecule has 7 heterocycles. The molecule has 19 nitrogen and oxygen atoms in total. The number of anilines is 3. The zero-order valence-electron chi connectivity index (χ0n) is 40.8. The minimum Gasteiger partial charge on any atom is -0.506 e. The molecule has 0 radical (unpaired) electrons. The average Bonchev–Trinajstić information content (AvgIpc) is 4.31. The number of carboxylic acids is 1. The number of aromatic carboxylic acids is 1. The van der Waals surface area contributed by atoms with Crippen molar-refractivity contribution in [2.75, 3.05) is 42.8 Å². The molecule has 0 aliphatic carbocycles. The fourth-order valence-electron chi connectivity index (χ4n) is 8.79. The summed E-state index contributed by atoms with van der Waals surface area (Å²) >= 11 is 13.8. The maximum Gasteiger partial charge on any atom is 0.341 e. The normalized spacial score (nSPS) is 15.0. The van der Waals surface area contributed by atoms with E-state index in [0.29, 0.717) is 48.8 Å². The van der Waals surface area contributed by atoms with Gasteiger partial charge in [0, 0.05) is 48.7 Å². The summed E-state index contributed by atoms with van der Waals surface area (Å²) in [6.07, 6.45) is 8.98. The minimum absolute atomic E-state index is 0.00506. The van der Waals surface area contributed by atoms with Crippen LogP contribution in [0, 0.1) is 34.9 Å². The van der Waals surface area contributed by atoms with Gasteiger partial charge in [-0.1, -0.05) is 0 Å². The smallest absolute Gasteiger partial charge is 0.341 e. The first kappa shape index (κ1) is 57.1. The van der Waals surface area contributed by atoms with Crippen LogP contribution in [0.5, 0.6) is 5.75 Å². The van der Waals surface area contributed by atoms with Gasteiger partial charge in [0.2, 0.25) is 5.89 Å². The molecule has 79 heavy (non-hydrogen) atoms. The summed E-state index contributed by atoms with van der Waals surface area (Å²) in [5.74, 6) is -5.52. The predicted molar refractivity (Wildman–Crippen MR) is 278 cm³/mol. The molecule has 4 N–H and O–H groups in total. The number of esters is 2. The Bertz CT molecular complexity index is 3840. The molecule has 11 rings (SSSR count). The number of nitrogens with two attached hydrogens (primary N) is 1. The Hall–Kier alpha value is -8.12. The monoisotopic (exact) mass is 1170 g/mol. The number of methoxy groups -OCH3 is 2. The third kappa shape index (κ3) is 12.9. The van der Waals surface area contributed by atoms with Crippen LogP contribution in [-0.4, -0.2) is 89.6 Å². The SMILES string of the molecule is COC(=O)c1cc(N)c(O)cc1F.COC(=O)c1cc2nc(-c3cnn4ccc(N5CCC[C@@H]5c5cc(F)ccc5F)nc34)oc2cc1F.O=C(O)c1cnn2ccc(N3CCC[C@@H]3c3cc(F)ccc3F)nc12.O=P(Cl)(Cl)Cl. The molecule has 0 saturated carbocycles. The number of phenols is 1. The molecule has 0 unspecified atom stereocenters. The molecule has 29 heteroatoms. The number of carbonyl (C=O) groups is 3. The van der Waals surface area contributed by atoms with Gasteiger partial charge in [-0.2, -0.15) is 10.2 Å². The Morgan fingerprint density at radius 3 is 1.70 bits per heavy atom. The second kappa shape index (κ2) is 23.9. The molecule has 4 aromatic carbocycles. The highest BCUT2D eigenvalue weighted by Crippen LogP contribution is 2.61. The minimum atomic E-state index is -3.22. The van der Waals surface area contributed by atoms with E-state index < -0.39 is 63.8 Å². The number of hydrogen-bond donors (Lipinski definition) is 3. The molecule has 0 amide bonds. The fourth-order valence-corrected chi connectivity index (χ4v) is 8.79. The number of aromatic nitrogens is 7. The van der Waals surface area contributed by atoms with E-state index in [9.17, 15) is 50.4 Å². The lowest BCUT2D eigenvalue weighted by Crippen LogP contribution is -2.24. The summed E-state index contributed by atoms with van der Waals surface area (Å²) in [5, 5.41) is 23.2. The van der Waals surface area contributed by atoms with Crippen LogP contribution in [0.2, 0.25) is 0 Å². The van der Waals surface area contributed by atoms with Crippen molar-refractivity contribution in [3.05, 3.63) is 160 Å². The van der Waals surface area contributed by atoms with Crippen molar-refractivity contribution in [3.8, 4) is 17.2 Å². The van der Waals surface area contributed by atoms with Gasteiger partial charge in [-0.15, -0.1) is 0 Å². The van der Waals surface area contributed by atoms with Gasteiger partial charge < -0.3 is 39.6 Å². The van der Waals surface area contributed by atoms with Gasteiger partial charge in [-0.25, -0.2) is 64.7 Å². The molecule has 2 fully saturated rings. The zero-order chi connectivity index (χ0) is 57.0. The zero-order valence-corrected chi connectivity index (χ0v) is 44.0. The van der Waals surface area contributed by atoms with Crippen molar-refractivity contribution in [3.63, 3.8) is 0 Å². The van der Waals surface area contributed by atoms with E-state index in [1.54, 1.807) is 24.5 Å². The van der Waals surface area contributed by atoms with Crippen molar-refractivity contribution < 1.29 is 69.4 Å². The van der Waals surface area contributed by atoms with Crippen LogP contribution < -0.4 is 15.5 Å². The molecule has 0 bridgehead atoms. The lowest BCUT2D eigenvalue weighted by Gasteiger charge is -2.26. The number of carbonyl (C=O) groups excluding carboxylic acids is 2. The first-order valence-corrected chi connectivity index (χ1v) is 27.5. The summed E-state index contributed by atoms with van der Waals surface area (Å²) in [4.78, 5) is 51.3. The summed E-state index contributed by atoms with van der Waals surface area (Å²) in [5.41, 5.74) is 6.69. The number of nitrogen functional groups attached to an aromatic ring is 1. The Labute approximate surface area is 456 Å². The van der Waals surface area contributed by atoms with E-state index in [4.69, 9.17) is 20.2 Å². The second-order valence-corrected chi connectivity index (χ2v) is 23.8. The van der Waals surface area contributed by atoms with E-state index in [1.165, 1.54) is 39.6 Å². The lowest BCUT2D eigenvalue weighted by atomic mass is 10.0. The number of hydrogen-bond acceptors (Lipinski definition) is 16. The van der Waals surface area contributed by atoms with Crippen LogP contribution in [0.1, 0.15) is 80.0 Å². The fraction of sp³-hybridized carbons (Fsp3) is 0.200. The largest absolute Gasteiger partial charge is 0.506 e. The number of oxazole rings is 1. The number of nitrogens with zero attached hydrogens (tertiary/aromatic N) is 9.